The molecule has 2 aliphatic rings. The van der Waals surface area contributed by atoms with Gasteiger partial charge in [0, 0.05) is 32.7 Å². The second-order valence-corrected chi connectivity index (χ2v) is 7.12. The maximum absolute atomic E-state index is 12.6. The van der Waals surface area contributed by atoms with Crippen molar-refractivity contribution in [3.05, 3.63) is 35.9 Å². The molecule has 0 aromatic heterocycles. The number of carbonyl (C=O) groups is 1. The lowest BCUT2D eigenvalue weighted by Crippen LogP contribution is -2.50. The van der Waals surface area contributed by atoms with Crippen LogP contribution in [0.15, 0.2) is 30.3 Å². The molecule has 3 rings (SSSR count). The van der Waals surface area contributed by atoms with Gasteiger partial charge < -0.3 is 15.8 Å². The minimum absolute atomic E-state index is 0. The molecular weight excluding hydrogens is 373 g/mol. The van der Waals surface area contributed by atoms with E-state index in [1.54, 1.807) is 0 Å². The fourth-order valence-corrected chi connectivity index (χ4v) is 3.86. The average molecular weight is 404 g/mol. The van der Waals surface area contributed by atoms with Crippen LogP contribution in [0, 0.1) is 5.41 Å². The van der Waals surface area contributed by atoms with Crippen LogP contribution in [0.2, 0.25) is 0 Å². The lowest BCUT2D eigenvalue weighted by Gasteiger charge is -2.34. The molecule has 2 fully saturated rings. The summed E-state index contributed by atoms with van der Waals surface area (Å²) in [4.78, 5) is 14.9. The van der Waals surface area contributed by atoms with E-state index in [0.717, 1.165) is 51.9 Å². The molecule has 1 aromatic carbocycles. The molecule has 148 valence electrons. The Bertz CT molecular complexity index is 539. The Balaban J connectivity index is 0.00000169. The summed E-state index contributed by atoms with van der Waals surface area (Å²) in [7, 11) is 0. The molecule has 1 aliphatic heterocycles. The van der Waals surface area contributed by atoms with Crippen molar-refractivity contribution < 1.29 is 9.53 Å². The third-order valence-corrected chi connectivity index (χ3v) is 5.40. The topological polar surface area (TPSA) is 67.6 Å². The van der Waals surface area contributed by atoms with E-state index in [4.69, 9.17) is 10.5 Å². The summed E-state index contributed by atoms with van der Waals surface area (Å²) in [5, 5.41) is 3.10. The zero-order chi connectivity index (χ0) is 16.8. The highest BCUT2D eigenvalue weighted by atomic mass is 35.5. The van der Waals surface area contributed by atoms with Crippen LogP contribution in [0.4, 0.5) is 0 Å². The Hall–Kier alpha value is -0.850. The number of carbonyl (C=O) groups excluding carboxylic acids is 1. The second-order valence-electron chi connectivity index (χ2n) is 7.12. The molecule has 1 unspecified atom stereocenters. The van der Waals surface area contributed by atoms with E-state index >= 15 is 0 Å². The Labute approximate surface area is 168 Å². The van der Waals surface area contributed by atoms with E-state index in [0.29, 0.717) is 13.1 Å². The summed E-state index contributed by atoms with van der Waals surface area (Å²) in [6, 6.07) is 10.5. The molecule has 1 amide bonds. The Morgan fingerprint density at radius 3 is 2.58 bits per heavy atom. The molecule has 1 heterocycles. The third kappa shape index (κ3) is 5.83. The van der Waals surface area contributed by atoms with E-state index in [9.17, 15) is 4.79 Å². The minimum atomic E-state index is -0.335. The lowest BCUT2D eigenvalue weighted by atomic mass is 9.85. The quantitative estimate of drug-likeness (QED) is 0.764. The van der Waals surface area contributed by atoms with Gasteiger partial charge in [-0.15, -0.1) is 24.8 Å². The number of nitrogens with zero attached hydrogens (tertiary/aromatic N) is 1. The summed E-state index contributed by atoms with van der Waals surface area (Å²) in [5.74, 6) is 0.117. The molecule has 1 saturated carbocycles. The van der Waals surface area contributed by atoms with Gasteiger partial charge in [-0.1, -0.05) is 43.2 Å². The second kappa shape index (κ2) is 11.1. The van der Waals surface area contributed by atoms with Crippen LogP contribution in [-0.2, 0) is 16.1 Å². The lowest BCUT2D eigenvalue weighted by molar-refractivity contribution is -0.131. The van der Waals surface area contributed by atoms with Gasteiger partial charge >= 0.3 is 0 Å². The van der Waals surface area contributed by atoms with Crippen LogP contribution >= 0.6 is 24.8 Å². The summed E-state index contributed by atoms with van der Waals surface area (Å²) in [6.07, 6.45) is 4.11. The van der Waals surface area contributed by atoms with E-state index in [2.05, 4.69) is 34.5 Å². The van der Waals surface area contributed by atoms with Gasteiger partial charge in [0.05, 0.1) is 18.1 Å². The molecular formula is C19H31Cl2N3O2. The average Bonchev–Trinajstić information content (AvgIpc) is 3.11. The van der Waals surface area contributed by atoms with E-state index in [-0.39, 0.29) is 42.2 Å². The van der Waals surface area contributed by atoms with Crippen molar-refractivity contribution in [3.8, 4) is 0 Å². The highest BCUT2D eigenvalue weighted by Crippen LogP contribution is 2.37. The van der Waals surface area contributed by atoms with Crippen LogP contribution in [0.3, 0.4) is 0 Å². The van der Waals surface area contributed by atoms with Gasteiger partial charge in [0.15, 0.2) is 0 Å². The van der Waals surface area contributed by atoms with Crippen molar-refractivity contribution >= 4 is 30.7 Å². The summed E-state index contributed by atoms with van der Waals surface area (Å²) in [6.45, 7) is 4.46. The molecule has 3 N–H and O–H groups in total. The SMILES string of the molecule is Cl.Cl.NCC1(C(=O)NCC2CN(Cc3ccccc3)CCO2)CCCC1. The smallest absolute Gasteiger partial charge is 0.227 e. The van der Waals surface area contributed by atoms with Crippen molar-refractivity contribution in [2.75, 3.05) is 32.8 Å². The summed E-state index contributed by atoms with van der Waals surface area (Å²) in [5.41, 5.74) is 6.87. The molecule has 1 aromatic rings. The number of rotatable bonds is 6. The number of amides is 1. The fraction of sp³-hybridized carbons (Fsp3) is 0.632. The first kappa shape index (κ1) is 23.2. The number of nitrogens with one attached hydrogen (secondary N) is 1. The van der Waals surface area contributed by atoms with Gasteiger partial charge in [-0.2, -0.15) is 0 Å². The molecule has 1 saturated heterocycles. The van der Waals surface area contributed by atoms with Crippen LogP contribution in [0.1, 0.15) is 31.2 Å². The first-order valence-corrected chi connectivity index (χ1v) is 9.08. The van der Waals surface area contributed by atoms with Crippen LogP contribution in [0.5, 0.6) is 0 Å². The highest BCUT2D eigenvalue weighted by molar-refractivity contribution is 5.85. The predicted octanol–water partition coefficient (Wildman–Crippen LogP) is 2.37. The third-order valence-electron chi connectivity index (χ3n) is 5.40. The molecule has 1 atom stereocenters. The number of hydrogen-bond acceptors (Lipinski definition) is 4. The van der Waals surface area contributed by atoms with Crippen LogP contribution in [0.25, 0.3) is 0 Å². The molecule has 1 aliphatic carbocycles. The number of ether oxygens (including phenoxy) is 1. The maximum Gasteiger partial charge on any atom is 0.227 e. The van der Waals surface area contributed by atoms with Gasteiger partial charge in [-0.05, 0) is 18.4 Å². The van der Waals surface area contributed by atoms with Gasteiger partial charge in [0.1, 0.15) is 0 Å². The first-order valence-electron chi connectivity index (χ1n) is 9.08. The molecule has 0 bridgehead atoms. The largest absolute Gasteiger partial charge is 0.374 e. The number of hydrogen-bond donors (Lipinski definition) is 2. The van der Waals surface area contributed by atoms with Gasteiger partial charge in [-0.3, -0.25) is 9.69 Å². The highest BCUT2D eigenvalue weighted by Gasteiger charge is 2.39. The molecule has 0 spiro atoms. The summed E-state index contributed by atoms with van der Waals surface area (Å²) < 4.78 is 5.84. The van der Waals surface area contributed by atoms with Crippen molar-refractivity contribution in [2.24, 2.45) is 11.1 Å². The monoisotopic (exact) mass is 403 g/mol. The Kier molecular flexibility index (Phi) is 9.90. The van der Waals surface area contributed by atoms with E-state index in [1.807, 2.05) is 6.07 Å². The maximum atomic E-state index is 12.6. The number of benzene rings is 1. The van der Waals surface area contributed by atoms with Gasteiger partial charge in [-0.25, -0.2) is 0 Å². The zero-order valence-electron chi connectivity index (χ0n) is 15.2. The minimum Gasteiger partial charge on any atom is -0.374 e. The van der Waals surface area contributed by atoms with Crippen LogP contribution in [-0.4, -0.2) is 49.7 Å². The van der Waals surface area contributed by atoms with Crippen LogP contribution < -0.4 is 11.1 Å². The van der Waals surface area contributed by atoms with Crippen molar-refractivity contribution in [2.45, 2.75) is 38.3 Å². The number of nitrogens with two attached hydrogens (primary N) is 1. The Morgan fingerprint density at radius 2 is 1.92 bits per heavy atom. The number of halogens is 2. The van der Waals surface area contributed by atoms with Crippen molar-refractivity contribution in [1.82, 2.24) is 10.2 Å². The Morgan fingerprint density at radius 1 is 1.23 bits per heavy atom. The summed E-state index contributed by atoms with van der Waals surface area (Å²) >= 11 is 0. The van der Waals surface area contributed by atoms with Gasteiger partial charge in [0.2, 0.25) is 5.91 Å². The normalized spacial score (nSPS) is 22.1. The standard InChI is InChI=1S/C19H29N3O2.2ClH/c20-15-19(8-4-5-9-19)18(23)21-12-17-14-22(10-11-24-17)13-16-6-2-1-3-7-16;;/h1-3,6-7,17H,4-5,8-15,20H2,(H,21,23);2*1H. The van der Waals surface area contributed by atoms with Crippen molar-refractivity contribution in [1.29, 1.82) is 0 Å². The van der Waals surface area contributed by atoms with Crippen molar-refractivity contribution in [3.63, 3.8) is 0 Å². The van der Waals surface area contributed by atoms with E-state index in [1.165, 1.54) is 5.56 Å². The number of morpholine rings is 1. The zero-order valence-corrected chi connectivity index (χ0v) is 16.8. The predicted molar refractivity (Wildman–Crippen MR) is 109 cm³/mol. The fourth-order valence-electron chi connectivity index (χ4n) is 3.86. The molecule has 5 nitrogen and oxygen atoms in total. The molecule has 26 heavy (non-hydrogen) atoms. The molecule has 7 heteroatoms. The van der Waals surface area contributed by atoms with E-state index < -0.39 is 0 Å². The van der Waals surface area contributed by atoms with Gasteiger partial charge in [0.25, 0.3) is 0 Å². The first-order chi connectivity index (χ1) is 11.7. The molecule has 0 radical (unpaired) electrons.